The van der Waals surface area contributed by atoms with Gasteiger partial charge in [0.2, 0.25) is 0 Å². The van der Waals surface area contributed by atoms with Crippen molar-refractivity contribution in [1.82, 2.24) is 9.80 Å². The Bertz CT molecular complexity index is 1050. The Kier molecular flexibility index (Phi) is 7.39. The van der Waals surface area contributed by atoms with Crippen molar-refractivity contribution in [3.05, 3.63) is 91.8 Å². The number of hydrogen-bond donors (Lipinski definition) is 0. The number of benzene rings is 2. The first kappa shape index (κ1) is 23.3. The summed E-state index contributed by atoms with van der Waals surface area (Å²) in [6.07, 6.45) is 2.29. The van der Waals surface area contributed by atoms with Crippen molar-refractivity contribution < 1.29 is 4.39 Å². The molecule has 2 aliphatic heterocycles. The van der Waals surface area contributed by atoms with Gasteiger partial charge in [-0.2, -0.15) is 11.3 Å². The van der Waals surface area contributed by atoms with E-state index in [1.807, 2.05) is 24.3 Å². The second-order valence-corrected chi connectivity index (χ2v) is 11.1. The van der Waals surface area contributed by atoms with Gasteiger partial charge in [0, 0.05) is 42.1 Å². The zero-order chi connectivity index (χ0) is 22.8. The number of halogens is 3. The lowest BCUT2D eigenvalue weighted by Crippen LogP contribution is -2.38. The summed E-state index contributed by atoms with van der Waals surface area (Å²) in [6, 6.07) is 15.2. The SMILES string of the molecule is Fc1ccc(C2CCN(CC3CN(Cc4ccc(Cl)cc4Cl)CC3c3ccsc3)CC2)cc1. The van der Waals surface area contributed by atoms with Crippen LogP contribution in [-0.2, 0) is 6.54 Å². The van der Waals surface area contributed by atoms with Crippen LogP contribution in [0.1, 0.15) is 41.4 Å². The molecular weight excluding hydrogens is 474 g/mol. The minimum atomic E-state index is -0.152. The monoisotopic (exact) mass is 502 g/mol. The van der Waals surface area contributed by atoms with Crippen LogP contribution in [0.2, 0.25) is 10.0 Å². The van der Waals surface area contributed by atoms with E-state index in [1.54, 1.807) is 23.5 Å². The Balaban J connectivity index is 1.23. The van der Waals surface area contributed by atoms with Crippen molar-refractivity contribution in [2.24, 2.45) is 5.92 Å². The highest BCUT2D eigenvalue weighted by Gasteiger charge is 2.36. The van der Waals surface area contributed by atoms with Gasteiger partial charge in [0.05, 0.1) is 0 Å². The number of likely N-dealkylation sites (tertiary alicyclic amines) is 2. The number of rotatable bonds is 6. The van der Waals surface area contributed by atoms with Gasteiger partial charge in [-0.15, -0.1) is 0 Å². The minimum Gasteiger partial charge on any atom is -0.303 e. The van der Waals surface area contributed by atoms with E-state index in [0.29, 0.717) is 22.8 Å². The van der Waals surface area contributed by atoms with Gasteiger partial charge in [0.15, 0.2) is 0 Å². The second kappa shape index (κ2) is 10.5. The lowest BCUT2D eigenvalue weighted by atomic mass is 9.87. The van der Waals surface area contributed by atoms with Crippen LogP contribution in [0.3, 0.4) is 0 Å². The molecule has 5 rings (SSSR count). The van der Waals surface area contributed by atoms with Crippen molar-refractivity contribution in [3.63, 3.8) is 0 Å². The molecule has 2 atom stereocenters. The Morgan fingerprint density at radius 1 is 0.909 bits per heavy atom. The van der Waals surface area contributed by atoms with E-state index in [4.69, 9.17) is 23.2 Å². The Morgan fingerprint density at radius 3 is 2.39 bits per heavy atom. The van der Waals surface area contributed by atoms with E-state index in [2.05, 4.69) is 32.7 Å². The molecule has 3 aromatic rings. The average Bonchev–Trinajstić information content (AvgIpc) is 3.47. The summed E-state index contributed by atoms with van der Waals surface area (Å²) in [5, 5.41) is 5.94. The Morgan fingerprint density at radius 2 is 1.70 bits per heavy atom. The maximum atomic E-state index is 13.3. The molecule has 0 radical (unpaired) electrons. The molecule has 2 saturated heterocycles. The molecule has 33 heavy (non-hydrogen) atoms. The lowest BCUT2D eigenvalue weighted by Gasteiger charge is -2.34. The highest BCUT2D eigenvalue weighted by atomic mass is 35.5. The third kappa shape index (κ3) is 5.63. The molecular formula is C27H29Cl2FN2S. The van der Waals surface area contributed by atoms with E-state index in [-0.39, 0.29) is 5.82 Å². The van der Waals surface area contributed by atoms with Gasteiger partial charge in [-0.25, -0.2) is 4.39 Å². The number of piperidine rings is 1. The second-order valence-electron chi connectivity index (χ2n) is 9.48. The summed E-state index contributed by atoms with van der Waals surface area (Å²) in [6.45, 7) is 6.35. The van der Waals surface area contributed by atoms with Crippen LogP contribution in [-0.4, -0.2) is 42.5 Å². The lowest BCUT2D eigenvalue weighted by molar-refractivity contribution is 0.177. The maximum absolute atomic E-state index is 13.3. The van der Waals surface area contributed by atoms with Crippen molar-refractivity contribution in [1.29, 1.82) is 0 Å². The molecule has 2 aliphatic rings. The summed E-state index contributed by atoms with van der Waals surface area (Å²) < 4.78 is 13.3. The quantitative estimate of drug-likeness (QED) is 0.349. The molecule has 2 fully saturated rings. The zero-order valence-corrected chi connectivity index (χ0v) is 20.9. The summed E-state index contributed by atoms with van der Waals surface area (Å²) in [5.74, 6) is 1.55. The minimum absolute atomic E-state index is 0.152. The van der Waals surface area contributed by atoms with Crippen LogP contribution < -0.4 is 0 Å². The highest BCUT2D eigenvalue weighted by molar-refractivity contribution is 7.08. The van der Waals surface area contributed by atoms with Crippen LogP contribution in [0, 0.1) is 11.7 Å². The smallest absolute Gasteiger partial charge is 0.123 e. The van der Waals surface area contributed by atoms with Crippen LogP contribution in [0.15, 0.2) is 59.3 Å². The van der Waals surface area contributed by atoms with E-state index >= 15 is 0 Å². The fourth-order valence-electron chi connectivity index (χ4n) is 5.54. The van der Waals surface area contributed by atoms with Gasteiger partial charge in [-0.1, -0.05) is 41.4 Å². The maximum Gasteiger partial charge on any atom is 0.123 e. The van der Waals surface area contributed by atoms with Crippen molar-refractivity contribution >= 4 is 34.5 Å². The van der Waals surface area contributed by atoms with Crippen LogP contribution in [0.4, 0.5) is 4.39 Å². The molecule has 0 bridgehead atoms. The first-order chi connectivity index (χ1) is 16.0. The van der Waals surface area contributed by atoms with Gasteiger partial charge in [-0.3, -0.25) is 4.90 Å². The summed E-state index contributed by atoms with van der Waals surface area (Å²) in [4.78, 5) is 5.19. The summed E-state index contributed by atoms with van der Waals surface area (Å²) in [7, 11) is 0. The zero-order valence-electron chi connectivity index (χ0n) is 18.6. The highest BCUT2D eigenvalue weighted by Crippen LogP contribution is 2.37. The molecule has 174 valence electrons. The summed E-state index contributed by atoms with van der Waals surface area (Å²) in [5.41, 5.74) is 3.89. The van der Waals surface area contributed by atoms with Crippen LogP contribution in [0.5, 0.6) is 0 Å². The van der Waals surface area contributed by atoms with Crippen molar-refractivity contribution in [2.45, 2.75) is 31.2 Å². The Hall–Kier alpha value is -1.43. The van der Waals surface area contributed by atoms with E-state index in [1.165, 1.54) is 11.1 Å². The predicted molar refractivity (Wildman–Crippen MR) is 137 cm³/mol. The van der Waals surface area contributed by atoms with E-state index in [9.17, 15) is 4.39 Å². The molecule has 0 saturated carbocycles. The number of hydrogen-bond acceptors (Lipinski definition) is 3. The number of nitrogens with zero attached hydrogens (tertiary/aromatic N) is 2. The van der Waals surface area contributed by atoms with Gasteiger partial charge in [0.1, 0.15) is 5.82 Å². The van der Waals surface area contributed by atoms with E-state index < -0.39 is 0 Å². The van der Waals surface area contributed by atoms with Crippen molar-refractivity contribution in [3.8, 4) is 0 Å². The fourth-order valence-corrected chi connectivity index (χ4v) is 6.74. The molecule has 6 heteroatoms. The van der Waals surface area contributed by atoms with Gasteiger partial charge >= 0.3 is 0 Å². The van der Waals surface area contributed by atoms with Gasteiger partial charge in [0.25, 0.3) is 0 Å². The molecule has 0 aliphatic carbocycles. The molecule has 3 heterocycles. The van der Waals surface area contributed by atoms with Crippen LogP contribution in [0.25, 0.3) is 0 Å². The molecule has 0 amide bonds. The van der Waals surface area contributed by atoms with Gasteiger partial charge < -0.3 is 4.90 Å². The molecule has 1 aromatic heterocycles. The molecule has 2 aromatic carbocycles. The summed E-state index contributed by atoms with van der Waals surface area (Å²) >= 11 is 14.4. The normalized spacial score (nSPS) is 22.8. The van der Waals surface area contributed by atoms with Gasteiger partial charge in [-0.05, 0) is 95.5 Å². The third-order valence-electron chi connectivity index (χ3n) is 7.32. The first-order valence-corrected chi connectivity index (χ1v) is 13.4. The van der Waals surface area contributed by atoms with Crippen LogP contribution >= 0.6 is 34.5 Å². The third-order valence-corrected chi connectivity index (χ3v) is 8.61. The largest absolute Gasteiger partial charge is 0.303 e. The number of thiophene rings is 1. The standard InChI is InChI=1S/C27H29Cl2FN2S/c28-24-4-1-21(27(29)13-24)14-32-16-23(26(17-32)22-9-12-33-18-22)15-31-10-7-20(8-11-31)19-2-5-25(30)6-3-19/h1-6,9,12-13,18,20,23,26H,7-8,10-11,14-17H2. The average molecular weight is 504 g/mol. The molecule has 0 N–H and O–H groups in total. The predicted octanol–water partition coefficient (Wildman–Crippen LogP) is 7.29. The molecule has 2 nitrogen and oxygen atoms in total. The van der Waals surface area contributed by atoms with Crippen molar-refractivity contribution in [2.75, 3.05) is 32.7 Å². The Labute approximate surface area is 209 Å². The topological polar surface area (TPSA) is 6.48 Å². The molecule has 0 spiro atoms. The molecule has 2 unspecified atom stereocenters. The first-order valence-electron chi connectivity index (χ1n) is 11.7. The van der Waals surface area contributed by atoms with E-state index in [0.717, 1.165) is 62.7 Å². The fraction of sp³-hybridized carbons (Fsp3) is 0.407.